The molecule has 0 saturated heterocycles. The fourth-order valence-corrected chi connectivity index (χ4v) is 4.05. The number of fused-ring (bicyclic) bond motifs is 2. The van der Waals surface area contributed by atoms with Gasteiger partial charge < -0.3 is 9.47 Å². The van der Waals surface area contributed by atoms with E-state index in [0.717, 1.165) is 12.8 Å². The van der Waals surface area contributed by atoms with Crippen molar-refractivity contribution in [3.05, 3.63) is 23.8 Å². The maximum absolute atomic E-state index is 12.3. The Bertz CT molecular complexity index is 543. The molecule has 4 heteroatoms. The van der Waals surface area contributed by atoms with Crippen molar-refractivity contribution in [1.82, 2.24) is 0 Å². The van der Waals surface area contributed by atoms with Gasteiger partial charge in [-0.05, 0) is 43.6 Å². The molecule has 0 aromatic rings. The second-order valence-corrected chi connectivity index (χ2v) is 7.35. The van der Waals surface area contributed by atoms with Crippen LogP contribution in [0.15, 0.2) is 23.8 Å². The minimum atomic E-state index is -0.470. The smallest absolute Gasteiger partial charge is 0.337 e. The highest BCUT2D eigenvalue weighted by Gasteiger charge is 2.62. The average Bonchev–Trinajstić information content (AvgIpc) is 2.79. The number of methoxy groups -OCH3 is 1. The lowest BCUT2D eigenvalue weighted by atomic mass is 9.70. The molecular weight excluding hydrogens is 280 g/mol. The van der Waals surface area contributed by atoms with Crippen LogP contribution in [0.25, 0.3) is 0 Å². The first-order valence-corrected chi connectivity index (χ1v) is 7.80. The molecule has 0 amide bonds. The molecule has 0 N–H and O–H groups in total. The van der Waals surface area contributed by atoms with Gasteiger partial charge in [0.2, 0.25) is 0 Å². The van der Waals surface area contributed by atoms with Crippen molar-refractivity contribution in [1.29, 1.82) is 0 Å². The molecule has 2 bridgehead atoms. The van der Waals surface area contributed by atoms with E-state index in [4.69, 9.17) is 4.74 Å². The van der Waals surface area contributed by atoms with E-state index in [1.54, 1.807) is 6.92 Å². The van der Waals surface area contributed by atoms with Crippen molar-refractivity contribution >= 4 is 11.9 Å². The van der Waals surface area contributed by atoms with E-state index >= 15 is 0 Å². The van der Waals surface area contributed by atoms with Crippen molar-refractivity contribution in [3.63, 3.8) is 0 Å². The molecule has 0 spiro atoms. The summed E-state index contributed by atoms with van der Waals surface area (Å²) in [5.41, 5.74) is 0.738. The predicted molar refractivity (Wildman–Crippen MR) is 84.0 cm³/mol. The molecule has 3 unspecified atom stereocenters. The molecule has 0 aliphatic heterocycles. The Balaban J connectivity index is 2.05. The lowest BCUT2D eigenvalue weighted by Crippen LogP contribution is -2.38. The fraction of sp³-hybridized carbons (Fsp3) is 0.667. The van der Waals surface area contributed by atoms with Crippen molar-refractivity contribution in [3.8, 4) is 0 Å². The summed E-state index contributed by atoms with van der Waals surface area (Å²) in [6.07, 6.45) is 4.57. The van der Waals surface area contributed by atoms with E-state index in [-0.39, 0.29) is 22.5 Å². The van der Waals surface area contributed by atoms with Gasteiger partial charge in [-0.25, -0.2) is 9.59 Å². The molecule has 122 valence electrons. The van der Waals surface area contributed by atoms with Crippen molar-refractivity contribution in [2.24, 2.45) is 16.7 Å². The molecule has 2 aliphatic rings. The van der Waals surface area contributed by atoms with Crippen LogP contribution in [0.3, 0.4) is 0 Å². The highest BCUT2D eigenvalue weighted by Crippen LogP contribution is 2.66. The van der Waals surface area contributed by atoms with Gasteiger partial charge in [-0.1, -0.05) is 27.4 Å². The van der Waals surface area contributed by atoms with Gasteiger partial charge in [0.1, 0.15) is 6.10 Å². The highest BCUT2D eigenvalue weighted by molar-refractivity contribution is 5.95. The minimum absolute atomic E-state index is 0.0225. The Morgan fingerprint density at radius 2 is 1.86 bits per heavy atom. The molecule has 0 aromatic carbocycles. The number of carbonyl (C=O) groups excluding carboxylic acids is 2. The Morgan fingerprint density at radius 3 is 2.32 bits per heavy atom. The number of hydrogen-bond acceptors (Lipinski definition) is 4. The number of rotatable bonds is 4. The van der Waals surface area contributed by atoms with Gasteiger partial charge in [0.05, 0.1) is 12.7 Å². The summed E-state index contributed by atoms with van der Waals surface area (Å²) in [6, 6.07) is 0. The zero-order chi connectivity index (χ0) is 16.7. The molecule has 2 aliphatic carbocycles. The molecule has 3 atom stereocenters. The number of hydrogen-bond donors (Lipinski definition) is 0. The van der Waals surface area contributed by atoms with Gasteiger partial charge in [-0.15, -0.1) is 0 Å². The van der Waals surface area contributed by atoms with Crippen LogP contribution in [-0.2, 0) is 19.1 Å². The fourth-order valence-electron chi connectivity index (χ4n) is 4.05. The van der Waals surface area contributed by atoms with Gasteiger partial charge in [0.15, 0.2) is 0 Å². The van der Waals surface area contributed by atoms with E-state index in [2.05, 4.69) is 32.1 Å². The quantitative estimate of drug-likeness (QED) is 0.454. The molecule has 4 nitrogen and oxygen atoms in total. The SMILES string of the molecule is C=C(/C=C(\C)C(=O)OC)C(=O)OC1CC2CCC1(C)C2(C)C. The summed E-state index contributed by atoms with van der Waals surface area (Å²) in [4.78, 5) is 23.6. The molecular formula is C18H26O4. The van der Waals surface area contributed by atoms with Crippen LogP contribution in [0.4, 0.5) is 0 Å². The van der Waals surface area contributed by atoms with Crippen molar-refractivity contribution in [2.75, 3.05) is 7.11 Å². The maximum atomic E-state index is 12.3. The molecule has 0 heterocycles. The van der Waals surface area contributed by atoms with Crippen molar-refractivity contribution < 1.29 is 19.1 Å². The number of esters is 2. The van der Waals surface area contributed by atoms with Crippen LogP contribution in [0.5, 0.6) is 0 Å². The minimum Gasteiger partial charge on any atom is -0.466 e. The van der Waals surface area contributed by atoms with E-state index in [0.29, 0.717) is 11.5 Å². The monoisotopic (exact) mass is 306 g/mol. The van der Waals surface area contributed by atoms with Crippen LogP contribution in [0, 0.1) is 16.7 Å². The summed E-state index contributed by atoms with van der Waals surface area (Å²) < 4.78 is 10.3. The summed E-state index contributed by atoms with van der Waals surface area (Å²) in [6.45, 7) is 12.1. The zero-order valence-electron chi connectivity index (χ0n) is 14.2. The number of carbonyl (C=O) groups is 2. The van der Waals surface area contributed by atoms with Crippen LogP contribution in [0.2, 0.25) is 0 Å². The largest absolute Gasteiger partial charge is 0.466 e. The molecule has 2 rings (SSSR count). The third-order valence-electron chi connectivity index (χ3n) is 6.12. The van der Waals surface area contributed by atoms with E-state index in [1.807, 2.05) is 0 Å². The molecule has 2 fully saturated rings. The maximum Gasteiger partial charge on any atom is 0.337 e. The van der Waals surface area contributed by atoms with E-state index in [1.165, 1.54) is 19.6 Å². The van der Waals surface area contributed by atoms with Crippen LogP contribution in [0.1, 0.15) is 47.0 Å². The first kappa shape index (κ1) is 16.8. The summed E-state index contributed by atoms with van der Waals surface area (Å²) >= 11 is 0. The topological polar surface area (TPSA) is 52.6 Å². The standard InChI is InChI=1S/C18H26O4/c1-11(15(19)21-6)9-12(2)16(20)22-14-10-13-7-8-18(14,5)17(13,3)4/h9,13-14H,2,7-8,10H2,1,3-6H3/b11-9+. The second kappa shape index (κ2) is 5.56. The summed E-state index contributed by atoms with van der Waals surface area (Å²) in [5, 5.41) is 0. The third kappa shape index (κ3) is 2.49. The highest BCUT2D eigenvalue weighted by atomic mass is 16.5. The normalized spacial score (nSPS) is 32.7. The molecule has 0 radical (unpaired) electrons. The lowest BCUT2D eigenvalue weighted by molar-refractivity contribution is -0.151. The molecule has 2 saturated carbocycles. The molecule has 22 heavy (non-hydrogen) atoms. The first-order chi connectivity index (χ1) is 10.1. The van der Waals surface area contributed by atoms with Gasteiger partial charge in [0.25, 0.3) is 0 Å². The van der Waals surface area contributed by atoms with Crippen molar-refractivity contribution in [2.45, 2.75) is 53.1 Å². The summed E-state index contributed by atoms with van der Waals surface area (Å²) in [7, 11) is 1.30. The second-order valence-electron chi connectivity index (χ2n) is 7.35. The lowest BCUT2D eigenvalue weighted by Gasteiger charge is -2.38. The van der Waals surface area contributed by atoms with Gasteiger partial charge in [-0.3, -0.25) is 0 Å². The van der Waals surface area contributed by atoms with Gasteiger partial charge in [0, 0.05) is 11.0 Å². The predicted octanol–water partition coefficient (Wildman–Crippen LogP) is 3.42. The van der Waals surface area contributed by atoms with E-state index < -0.39 is 11.9 Å². The Morgan fingerprint density at radius 1 is 1.23 bits per heavy atom. The third-order valence-corrected chi connectivity index (χ3v) is 6.12. The summed E-state index contributed by atoms with van der Waals surface area (Å²) in [5.74, 6) is -0.310. The van der Waals surface area contributed by atoms with Crippen LogP contribution < -0.4 is 0 Å². The Hall–Kier alpha value is -1.58. The van der Waals surface area contributed by atoms with Crippen LogP contribution in [-0.4, -0.2) is 25.2 Å². The van der Waals surface area contributed by atoms with Crippen LogP contribution >= 0.6 is 0 Å². The number of ether oxygens (including phenoxy) is 2. The van der Waals surface area contributed by atoms with Gasteiger partial charge >= 0.3 is 11.9 Å². The average molecular weight is 306 g/mol. The first-order valence-electron chi connectivity index (χ1n) is 7.80. The zero-order valence-corrected chi connectivity index (χ0v) is 14.2. The molecule has 0 aromatic heterocycles. The Kier molecular flexibility index (Phi) is 4.24. The Labute approximate surface area is 132 Å². The van der Waals surface area contributed by atoms with E-state index in [9.17, 15) is 9.59 Å². The van der Waals surface area contributed by atoms with Gasteiger partial charge in [-0.2, -0.15) is 0 Å².